The fourth-order valence-corrected chi connectivity index (χ4v) is 1.90. The Kier molecular flexibility index (Phi) is 6.06. The van der Waals surface area contributed by atoms with Crippen LogP contribution in [0.25, 0.3) is 0 Å². The first-order chi connectivity index (χ1) is 9.06. The Balaban J connectivity index is 2.49. The maximum Gasteiger partial charge on any atom is 0.227 e. The summed E-state index contributed by atoms with van der Waals surface area (Å²) >= 11 is 0. The van der Waals surface area contributed by atoms with Crippen molar-refractivity contribution in [2.24, 2.45) is 0 Å². The van der Waals surface area contributed by atoms with Gasteiger partial charge in [-0.1, -0.05) is 19.1 Å². The Morgan fingerprint density at radius 2 is 2.05 bits per heavy atom. The van der Waals surface area contributed by atoms with Crippen molar-refractivity contribution < 1.29 is 14.3 Å². The van der Waals surface area contributed by atoms with E-state index in [1.54, 1.807) is 7.11 Å². The normalized spacial score (nSPS) is 10.1. The van der Waals surface area contributed by atoms with Crippen molar-refractivity contribution in [1.29, 1.82) is 0 Å². The maximum absolute atomic E-state index is 11.3. The molecule has 0 unspecified atom stereocenters. The van der Waals surface area contributed by atoms with Gasteiger partial charge in [0, 0.05) is 6.54 Å². The van der Waals surface area contributed by atoms with Crippen molar-refractivity contribution >= 4 is 11.7 Å². The SMILES string of the molecule is CCc1cc(CCNC(=O)CC(C)=O)ccc1OC. The van der Waals surface area contributed by atoms with E-state index in [-0.39, 0.29) is 18.1 Å². The number of ether oxygens (including phenoxy) is 1. The zero-order chi connectivity index (χ0) is 14.3. The second-order valence-electron chi connectivity index (χ2n) is 4.48. The highest BCUT2D eigenvalue weighted by atomic mass is 16.5. The predicted molar refractivity (Wildman–Crippen MR) is 74.4 cm³/mol. The summed E-state index contributed by atoms with van der Waals surface area (Å²) in [4.78, 5) is 22.1. The minimum absolute atomic E-state index is 0.0389. The molecule has 4 heteroatoms. The molecule has 1 N–H and O–H groups in total. The zero-order valence-corrected chi connectivity index (χ0v) is 11.8. The number of carbonyl (C=O) groups excluding carboxylic acids is 2. The van der Waals surface area contributed by atoms with E-state index in [1.807, 2.05) is 12.1 Å². The van der Waals surface area contributed by atoms with Crippen LogP contribution >= 0.6 is 0 Å². The summed E-state index contributed by atoms with van der Waals surface area (Å²) in [6.07, 6.45) is 1.62. The summed E-state index contributed by atoms with van der Waals surface area (Å²) in [5, 5.41) is 2.74. The highest BCUT2D eigenvalue weighted by Crippen LogP contribution is 2.20. The average molecular weight is 263 g/mol. The Morgan fingerprint density at radius 1 is 1.32 bits per heavy atom. The van der Waals surface area contributed by atoms with Crippen LogP contribution in [0.2, 0.25) is 0 Å². The number of amides is 1. The highest BCUT2D eigenvalue weighted by Gasteiger charge is 2.05. The second kappa shape index (κ2) is 7.56. The number of aryl methyl sites for hydroxylation is 1. The molecule has 0 atom stereocenters. The first-order valence-electron chi connectivity index (χ1n) is 6.48. The number of Topliss-reactive ketones (excluding diaryl/α,β-unsaturated/α-hetero) is 1. The zero-order valence-electron chi connectivity index (χ0n) is 11.8. The molecule has 1 amide bonds. The number of ketones is 1. The quantitative estimate of drug-likeness (QED) is 0.764. The van der Waals surface area contributed by atoms with Crippen molar-refractivity contribution in [1.82, 2.24) is 5.32 Å². The summed E-state index contributed by atoms with van der Waals surface area (Å²) in [7, 11) is 1.66. The van der Waals surface area contributed by atoms with Crippen LogP contribution in [-0.2, 0) is 22.4 Å². The van der Waals surface area contributed by atoms with Gasteiger partial charge in [-0.05, 0) is 37.0 Å². The van der Waals surface area contributed by atoms with E-state index in [0.29, 0.717) is 6.54 Å². The van der Waals surface area contributed by atoms with Crippen LogP contribution in [0.15, 0.2) is 18.2 Å². The van der Waals surface area contributed by atoms with Crippen molar-refractivity contribution in [3.63, 3.8) is 0 Å². The molecular weight excluding hydrogens is 242 g/mol. The van der Waals surface area contributed by atoms with Gasteiger partial charge >= 0.3 is 0 Å². The minimum atomic E-state index is -0.211. The molecule has 0 aliphatic rings. The lowest BCUT2D eigenvalue weighted by atomic mass is 10.1. The Morgan fingerprint density at radius 3 is 2.63 bits per heavy atom. The number of hydrogen-bond donors (Lipinski definition) is 1. The average Bonchev–Trinajstić information content (AvgIpc) is 2.37. The number of hydrogen-bond acceptors (Lipinski definition) is 3. The molecule has 1 aromatic carbocycles. The van der Waals surface area contributed by atoms with Crippen LogP contribution in [0.4, 0.5) is 0 Å². The summed E-state index contributed by atoms with van der Waals surface area (Å²) in [6, 6.07) is 6.04. The molecule has 0 saturated heterocycles. The molecule has 19 heavy (non-hydrogen) atoms. The van der Waals surface area contributed by atoms with Crippen LogP contribution in [0.1, 0.15) is 31.4 Å². The lowest BCUT2D eigenvalue weighted by molar-refractivity contribution is -0.127. The van der Waals surface area contributed by atoms with E-state index >= 15 is 0 Å². The molecule has 1 rings (SSSR count). The highest BCUT2D eigenvalue weighted by molar-refractivity contribution is 5.96. The number of carbonyl (C=O) groups is 2. The van der Waals surface area contributed by atoms with Crippen LogP contribution in [0.5, 0.6) is 5.75 Å². The fourth-order valence-electron chi connectivity index (χ4n) is 1.90. The summed E-state index contributed by atoms with van der Waals surface area (Å²) < 4.78 is 5.27. The van der Waals surface area contributed by atoms with Gasteiger partial charge in [0.25, 0.3) is 0 Å². The molecule has 0 spiro atoms. The standard InChI is InChI=1S/C15H21NO3/c1-4-13-10-12(5-6-14(13)19-3)7-8-16-15(18)9-11(2)17/h5-6,10H,4,7-9H2,1-3H3,(H,16,18). The van der Waals surface area contributed by atoms with E-state index in [4.69, 9.17) is 4.74 Å². The van der Waals surface area contributed by atoms with Gasteiger partial charge in [0.05, 0.1) is 13.5 Å². The van der Waals surface area contributed by atoms with Gasteiger partial charge in [-0.15, -0.1) is 0 Å². The third-order valence-electron chi connectivity index (χ3n) is 2.87. The third-order valence-corrected chi connectivity index (χ3v) is 2.87. The first-order valence-corrected chi connectivity index (χ1v) is 6.48. The second-order valence-corrected chi connectivity index (χ2v) is 4.48. The van der Waals surface area contributed by atoms with Crippen molar-refractivity contribution in [3.05, 3.63) is 29.3 Å². The first kappa shape index (κ1) is 15.2. The Bertz CT molecular complexity index is 455. The molecule has 0 aromatic heterocycles. The van der Waals surface area contributed by atoms with Crippen molar-refractivity contribution in [3.8, 4) is 5.75 Å². The molecule has 104 valence electrons. The number of methoxy groups -OCH3 is 1. The topological polar surface area (TPSA) is 55.4 Å². The molecule has 4 nitrogen and oxygen atoms in total. The fraction of sp³-hybridized carbons (Fsp3) is 0.467. The van der Waals surface area contributed by atoms with Crippen LogP contribution in [-0.4, -0.2) is 25.3 Å². The van der Waals surface area contributed by atoms with Gasteiger partial charge < -0.3 is 10.1 Å². The number of rotatable bonds is 7. The molecule has 1 aromatic rings. The van der Waals surface area contributed by atoms with Gasteiger partial charge in [-0.2, -0.15) is 0 Å². The van der Waals surface area contributed by atoms with Gasteiger partial charge in [0.2, 0.25) is 5.91 Å². The molecule has 0 fully saturated rings. The lowest BCUT2D eigenvalue weighted by Crippen LogP contribution is -2.27. The number of nitrogens with one attached hydrogen (secondary N) is 1. The maximum atomic E-state index is 11.3. The molecule has 0 saturated carbocycles. The lowest BCUT2D eigenvalue weighted by Gasteiger charge is -2.09. The molecule has 0 aliphatic carbocycles. The molecule has 0 aliphatic heterocycles. The smallest absolute Gasteiger partial charge is 0.227 e. The van der Waals surface area contributed by atoms with E-state index in [0.717, 1.165) is 29.7 Å². The van der Waals surface area contributed by atoms with Crippen LogP contribution in [0, 0.1) is 0 Å². The van der Waals surface area contributed by atoms with Gasteiger partial charge in [-0.25, -0.2) is 0 Å². The van der Waals surface area contributed by atoms with E-state index in [2.05, 4.69) is 18.3 Å². The van der Waals surface area contributed by atoms with E-state index in [1.165, 1.54) is 6.92 Å². The monoisotopic (exact) mass is 263 g/mol. The summed E-state index contributed by atoms with van der Waals surface area (Å²) in [5.74, 6) is 0.568. The Labute approximate surface area is 114 Å². The molecular formula is C15H21NO3. The van der Waals surface area contributed by atoms with Gasteiger partial charge in [0.15, 0.2) is 0 Å². The van der Waals surface area contributed by atoms with Crippen LogP contribution in [0.3, 0.4) is 0 Å². The van der Waals surface area contributed by atoms with Crippen molar-refractivity contribution in [2.45, 2.75) is 33.1 Å². The predicted octanol–water partition coefficient (Wildman–Crippen LogP) is 1.90. The van der Waals surface area contributed by atoms with Gasteiger partial charge in [-0.3, -0.25) is 9.59 Å². The Hall–Kier alpha value is -1.84. The van der Waals surface area contributed by atoms with Crippen molar-refractivity contribution in [2.75, 3.05) is 13.7 Å². The van der Waals surface area contributed by atoms with Crippen LogP contribution < -0.4 is 10.1 Å². The summed E-state index contributed by atoms with van der Waals surface area (Å²) in [5.41, 5.74) is 2.32. The largest absolute Gasteiger partial charge is 0.496 e. The molecule has 0 bridgehead atoms. The molecule has 0 heterocycles. The summed E-state index contributed by atoms with van der Waals surface area (Å²) in [6.45, 7) is 4.04. The molecule has 0 radical (unpaired) electrons. The van der Waals surface area contributed by atoms with Gasteiger partial charge in [0.1, 0.15) is 11.5 Å². The van der Waals surface area contributed by atoms with E-state index < -0.39 is 0 Å². The minimum Gasteiger partial charge on any atom is -0.496 e. The third kappa shape index (κ3) is 5.12. The number of benzene rings is 1. The van der Waals surface area contributed by atoms with E-state index in [9.17, 15) is 9.59 Å².